The Kier molecular flexibility index (Phi) is 6.55. The van der Waals surface area contributed by atoms with Crippen LogP contribution in [0.5, 0.6) is 0 Å². The van der Waals surface area contributed by atoms with Crippen molar-refractivity contribution in [3.8, 4) is 5.00 Å². The lowest BCUT2D eigenvalue weighted by atomic mass is 10.1. The van der Waals surface area contributed by atoms with Crippen molar-refractivity contribution < 1.29 is 9.59 Å². The number of anilines is 1. The molecule has 0 saturated carbocycles. The summed E-state index contributed by atoms with van der Waals surface area (Å²) in [5.74, 6) is 0.808. The molecule has 32 heavy (non-hydrogen) atoms. The van der Waals surface area contributed by atoms with E-state index in [0.29, 0.717) is 43.5 Å². The number of hydrogen-bond donors (Lipinski definition) is 2. The number of ketones is 1. The number of rotatable bonds is 6. The van der Waals surface area contributed by atoms with Crippen LogP contribution < -0.4 is 10.6 Å². The Morgan fingerprint density at radius 3 is 2.69 bits per heavy atom. The minimum atomic E-state index is -0.426. The first-order chi connectivity index (χ1) is 15.4. The van der Waals surface area contributed by atoms with E-state index < -0.39 is 6.03 Å². The largest absolute Gasteiger partial charge is 0.331 e. The van der Waals surface area contributed by atoms with Gasteiger partial charge in [0.15, 0.2) is 11.6 Å². The molecule has 2 aromatic heterocycles. The zero-order chi connectivity index (χ0) is 22.7. The fourth-order valence-electron chi connectivity index (χ4n) is 3.07. The molecule has 0 spiro atoms. The molecule has 0 fully saturated rings. The number of halogens is 2. The topological polar surface area (TPSA) is 88.9 Å². The third-order valence-electron chi connectivity index (χ3n) is 4.54. The van der Waals surface area contributed by atoms with Crippen LogP contribution in [0.2, 0.25) is 10.0 Å². The van der Waals surface area contributed by atoms with Gasteiger partial charge in [-0.25, -0.2) is 4.79 Å². The lowest BCUT2D eigenvalue weighted by molar-refractivity contribution is 0.103. The average molecular weight is 485 g/mol. The van der Waals surface area contributed by atoms with Gasteiger partial charge in [0.1, 0.15) is 10.8 Å². The molecule has 2 heterocycles. The molecule has 1 radical (unpaired) electrons. The normalized spacial score (nSPS) is 10.7. The van der Waals surface area contributed by atoms with Gasteiger partial charge in [-0.1, -0.05) is 41.4 Å². The van der Waals surface area contributed by atoms with E-state index in [1.54, 1.807) is 66.1 Å². The van der Waals surface area contributed by atoms with Crippen molar-refractivity contribution in [3.05, 3.63) is 92.8 Å². The molecule has 0 aliphatic heterocycles. The number of aromatic nitrogens is 3. The van der Waals surface area contributed by atoms with Gasteiger partial charge in [0.2, 0.25) is 0 Å². The van der Waals surface area contributed by atoms with Crippen molar-refractivity contribution in [3.63, 3.8) is 0 Å². The molecule has 0 aliphatic rings. The maximum Gasteiger partial charge on any atom is 0.319 e. The number of carbonyl (C=O) groups is 2. The summed E-state index contributed by atoms with van der Waals surface area (Å²) in [6.07, 6.45) is 0. The van der Waals surface area contributed by atoms with Crippen LogP contribution in [0.4, 0.5) is 10.5 Å². The second kappa shape index (κ2) is 9.52. The highest BCUT2D eigenvalue weighted by molar-refractivity contribution is 7.12. The summed E-state index contributed by atoms with van der Waals surface area (Å²) in [7, 11) is 0. The summed E-state index contributed by atoms with van der Waals surface area (Å²) < 4.78 is 1.73. The molecule has 0 atom stereocenters. The highest BCUT2D eigenvalue weighted by Crippen LogP contribution is 2.28. The number of hydrogen-bond acceptors (Lipinski definition) is 5. The van der Waals surface area contributed by atoms with Crippen LogP contribution >= 0.6 is 34.5 Å². The second-order valence-corrected chi connectivity index (χ2v) is 8.38. The predicted octanol–water partition coefficient (Wildman–Crippen LogP) is 5.30. The SMILES string of the molecule is Cc1nnc(CNC(=O)Nc2cccc(Cl)c2)n1-c1s[c]cc1C(=O)c1ccccc1Cl. The van der Waals surface area contributed by atoms with Crippen molar-refractivity contribution in [1.29, 1.82) is 0 Å². The monoisotopic (exact) mass is 484 g/mol. The van der Waals surface area contributed by atoms with Gasteiger partial charge in [-0.3, -0.25) is 9.36 Å². The first kappa shape index (κ1) is 22.0. The zero-order valence-electron chi connectivity index (χ0n) is 16.7. The zero-order valence-corrected chi connectivity index (χ0v) is 19.1. The van der Waals surface area contributed by atoms with Crippen molar-refractivity contribution >= 4 is 52.0 Å². The Hall–Kier alpha value is -3.20. The van der Waals surface area contributed by atoms with Crippen LogP contribution in [0.3, 0.4) is 0 Å². The van der Waals surface area contributed by atoms with Gasteiger partial charge in [0.25, 0.3) is 0 Å². The highest BCUT2D eigenvalue weighted by atomic mass is 35.5. The average Bonchev–Trinajstić information content (AvgIpc) is 3.38. The number of carbonyl (C=O) groups excluding carboxylic acids is 2. The Morgan fingerprint density at radius 1 is 1.09 bits per heavy atom. The Bertz CT molecular complexity index is 1300. The molecule has 0 unspecified atom stereocenters. The molecular weight excluding hydrogens is 469 g/mol. The summed E-state index contributed by atoms with van der Waals surface area (Å²) >= 11 is 13.4. The number of aryl methyl sites for hydroxylation is 1. The number of nitrogens with one attached hydrogen (secondary N) is 2. The smallest absolute Gasteiger partial charge is 0.319 e. The van der Waals surface area contributed by atoms with Crippen LogP contribution in [-0.4, -0.2) is 26.6 Å². The van der Waals surface area contributed by atoms with Gasteiger partial charge >= 0.3 is 6.03 Å². The maximum atomic E-state index is 13.1. The van der Waals surface area contributed by atoms with E-state index in [9.17, 15) is 9.59 Å². The van der Waals surface area contributed by atoms with Crippen LogP contribution in [0.25, 0.3) is 5.00 Å². The minimum absolute atomic E-state index is 0.0882. The highest BCUT2D eigenvalue weighted by Gasteiger charge is 2.22. The Morgan fingerprint density at radius 2 is 1.91 bits per heavy atom. The lowest BCUT2D eigenvalue weighted by Crippen LogP contribution is -2.29. The van der Waals surface area contributed by atoms with Gasteiger partial charge in [-0.05, 0) is 43.3 Å². The van der Waals surface area contributed by atoms with E-state index in [2.05, 4.69) is 26.2 Å². The standard InChI is InChI=1S/C22H16Cl2N5O2S/c1-13-27-28-19(12-25-22(31)26-15-6-4-5-14(23)11-15)29(13)21-17(9-10-32-21)20(30)16-7-2-3-8-18(16)24/h2-9,11H,12H2,1H3,(H2,25,26,31). The second-order valence-electron chi connectivity index (χ2n) is 6.71. The van der Waals surface area contributed by atoms with Crippen molar-refractivity contribution in [2.24, 2.45) is 0 Å². The van der Waals surface area contributed by atoms with E-state index >= 15 is 0 Å². The van der Waals surface area contributed by atoms with E-state index in [1.807, 2.05) is 0 Å². The van der Waals surface area contributed by atoms with E-state index in [4.69, 9.17) is 23.2 Å². The van der Waals surface area contributed by atoms with Crippen LogP contribution in [0.15, 0.2) is 54.6 Å². The van der Waals surface area contributed by atoms with E-state index in [0.717, 1.165) is 0 Å². The summed E-state index contributed by atoms with van der Waals surface area (Å²) in [6, 6.07) is 14.9. The molecule has 2 aromatic carbocycles. The molecule has 0 bridgehead atoms. The van der Waals surface area contributed by atoms with Gasteiger partial charge in [-0.2, -0.15) is 0 Å². The Balaban J connectivity index is 1.55. The molecule has 0 saturated heterocycles. The molecule has 0 aliphatic carbocycles. The number of nitrogens with zero attached hydrogens (tertiary/aromatic N) is 3. The lowest BCUT2D eigenvalue weighted by Gasteiger charge is -2.11. The maximum absolute atomic E-state index is 13.1. The number of benzene rings is 2. The fraction of sp³-hybridized carbons (Fsp3) is 0.0909. The summed E-state index contributed by atoms with van der Waals surface area (Å²) in [4.78, 5) is 25.4. The molecule has 7 nitrogen and oxygen atoms in total. The van der Waals surface area contributed by atoms with Crippen molar-refractivity contribution in [1.82, 2.24) is 20.1 Å². The third-order valence-corrected chi connectivity index (χ3v) is 5.93. The van der Waals surface area contributed by atoms with E-state index in [-0.39, 0.29) is 12.3 Å². The fourth-order valence-corrected chi connectivity index (χ4v) is 4.36. The minimum Gasteiger partial charge on any atom is -0.331 e. The van der Waals surface area contributed by atoms with Gasteiger partial charge < -0.3 is 10.6 Å². The molecule has 4 rings (SSSR count). The molecule has 2 N–H and O–H groups in total. The van der Waals surface area contributed by atoms with Crippen LogP contribution in [-0.2, 0) is 6.54 Å². The molecule has 4 aromatic rings. The van der Waals surface area contributed by atoms with Crippen LogP contribution in [0.1, 0.15) is 27.6 Å². The molecule has 2 amide bonds. The quantitative estimate of drug-likeness (QED) is 0.363. The number of amides is 2. The first-order valence-electron chi connectivity index (χ1n) is 9.45. The third kappa shape index (κ3) is 4.67. The van der Waals surface area contributed by atoms with Crippen LogP contribution in [0, 0.1) is 12.3 Å². The molecular formula is C22H16Cl2N5O2S. The molecule has 161 valence electrons. The molecule has 10 heteroatoms. The van der Waals surface area contributed by atoms with Crippen molar-refractivity contribution in [2.75, 3.05) is 5.32 Å². The summed E-state index contributed by atoms with van der Waals surface area (Å²) in [5, 5.41) is 18.2. The van der Waals surface area contributed by atoms with Gasteiger partial charge in [-0.15, -0.1) is 21.5 Å². The van der Waals surface area contributed by atoms with Crippen molar-refractivity contribution in [2.45, 2.75) is 13.5 Å². The number of urea groups is 1. The van der Waals surface area contributed by atoms with E-state index in [1.165, 1.54) is 11.3 Å². The first-order valence-corrected chi connectivity index (χ1v) is 11.0. The predicted molar refractivity (Wildman–Crippen MR) is 125 cm³/mol. The number of thiophene rings is 1. The van der Waals surface area contributed by atoms with Gasteiger partial charge in [0.05, 0.1) is 17.1 Å². The Labute approximate surface area is 198 Å². The summed E-state index contributed by atoms with van der Waals surface area (Å²) in [5.41, 5.74) is 1.39. The summed E-state index contributed by atoms with van der Waals surface area (Å²) in [6.45, 7) is 1.86. The van der Waals surface area contributed by atoms with Gasteiger partial charge in [0, 0.05) is 21.7 Å².